The molecule has 0 radical (unpaired) electrons. The third kappa shape index (κ3) is 4.41. The molecule has 1 amide bonds. The van der Waals surface area contributed by atoms with E-state index in [1.807, 2.05) is 25.3 Å². The summed E-state index contributed by atoms with van der Waals surface area (Å²) in [6.45, 7) is 1.92. The van der Waals surface area contributed by atoms with Crippen LogP contribution in [0.1, 0.15) is 15.9 Å². The number of halogens is 2. The average Bonchev–Trinajstić information content (AvgIpc) is 3.47. The monoisotopic (exact) mass is 490 g/mol. The van der Waals surface area contributed by atoms with Crippen molar-refractivity contribution in [2.45, 2.75) is 6.92 Å². The zero-order valence-corrected chi connectivity index (χ0v) is 19.5. The molecule has 0 aliphatic rings. The van der Waals surface area contributed by atoms with Gasteiger partial charge in [-0.05, 0) is 49.4 Å². The van der Waals surface area contributed by atoms with Gasteiger partial charge in [0.25, 0.3) is 5.91 Å². The second-order valence-electron chi connectivity index (χ2n) is 7.84. The van der Waals surface area contributed by atoms with E-state index in [0.717, 1.165) is 16.5 Å². The molecule has 10 heteroatoms. The van der Waals surface area contributed by atoms with E-state index in [1.54, 1.807) is 35.1 Å². The highest BCUT2D eigenvalue weighted by Crippen LogP contribution is 2.33. The van der Waals surface area contributed by atoms with E-state index in [0.29, 0.717) is 39.2 Å². The average molecular weight is 491 g/mol. The maximum Gasteiger partial charge on any atom is 0.259 e. The predicted octanol–water partition coefficient (Wildman–Crippen LogP) is 5.85. The summed E-state index contributed by atoms with van der Waals surface area (Å²) in [5.41, 5.74) is 3.79. The van der Waals surface area contributed by atoms with Gasteiger partial charge in [0.05, 0.1) is 40.8 Å². The summed E-state index contributed by atoms with van der Waals surface area (Å²) in [4.78, 5) is 12.8. The van der Waals surface area contributed by atoms with Gasteiger partial charge in [-0.15, -0.1) is 5.10 Å². The molecule has 0 aliphatic carbocycles. The second-order valence-corrected chi connectivity index (χ2v) is 8.22. The lowest BCUT2D eigenvalue weighted by molar-refractivity contribution is 0.102. The van der Waals surface area contributed by atoms with E-state index >= 15 is 0 Å². The van der Waals surface area contributed by atoms with Gasteiger partial charge in [-0.1, -0.05) is 17.7 Å². The molecule has 5 aromatic rings. The SMILES string of the molecule is COc1cc(-n2cc(C)c(Nc3ccc4[nH]ncc4c3Cl)n2)ccc1C(=O)Nc1cccc(F)c1. The van der Waals surface area contributed by atoms with Crippen molar-refractivity contribution >= 4 is 45.6 Å². The number of ether oxygens (including phenoxy) is 1. The molecule has 2 aromatic heterocycles. The van der Waals surface area contributed by atoms with Crippen molar-refractivity contribution in [2.24, 2.45) is 0 Å². The molecule has 0 saturated carbocycles. The minimum Gasteiger partial charge on any atom is -0.496 e. The molecule has 35 heavy (non-hydrogen) atoms. The van der Waals surface area contributed by atoms with Crippen LogP contribution in [0.15, 0.2) is 67.0 Å². The molecule has 0 spiro atoms. The molecule has 0 atom stereocenters. The van der Waals surface area contributed by atoms with E-state index in [4.69, 9.17) is 16.3 Å². The van der Waals surface area contributed by atoms with Gasteiger partial charge < -0.3 is 15.4 Å². The Morgan fingerprint density at radius 1 is 1.17 bits per heavy atom. The van der Waals surface area contributed by atoms with Gasteiger partial charge in [0.1, 0.15) is 11.6 Å². The number of rotatable bonds is 6. The molecule has 176 valence electrons. The number of benzene rings is 3. The smallest absolute Gasteiger partial charge is 0.259 e. The molecule has 0 bridgehead atoms. The first kappa shape index (κ1) is 22.4. The lowest BCUT2D eigenvalue weighted by atomic mass is 10.1. The highest BCUT2D eigenvalue weighted by molar-refractivity contribution is 6.38. The number of aryl methyl sites for hydroxylation is 1. The number of H-pyrrole nitrogens is 1. The number of anilines is 3. The van der Waals surface area contributed by atoms with E-state index in [-0.39, 0.29) is 0 Å². The van der Waals surface area contributed by atoms with Crippen molar-refractivity contribution in [3.63, 3.8) is 0 Å². The van der Waals surface area contributed by atoms with Crippen molar-refractivity contribution in [3.8, 4) is 11.4 Å². The van der Waals surface area contributed by atoms with Crippen molar-refractivity contribution in [1.82, 2.24) is 20.0 Å². The molecule has 3 N–H and O–H groups in total. The minimum atomic E-state index is -0.436. The zero-order chi connectivity index (χ0) is 24.5. The van der Waals surface area contributed by atoms with E-state index in [1.165, 1.54) is 25.3 Å². The Morgan fingerprint density at radius 3 is 2.83 bits per heavy atom. The molecular formula is C25H20ClFN6O2. The lowest BCUT2D eigenvalue weighted by Crippen LogP contribution is -2.13. The standard InChI is InChI=1S/C25H20ClFN6O2/c1-14-13-33(32-24(14)30-21-9-8-20-19(23(21)26)12-28-31-20)17-6-7-18(22(11-17)35-2)25(34)29-16-5-3-4-15(27)10-16/h3-13H,1-2H3,(H,28,31)(H,29,34)(H,30,32). The van der Waals surface area contributed by atoms with E-state index in [2.05, 4.69) is 25.9 Å². The normalized spacial score (nSPS) is 11.0. The van der Waals surface area contributed by atoms with Crippen LogP contribution in [0.3, 0.4) is 0 Å². The van der Waals surface area contributed by atoms with E-state index in [9.17, 15) is 9.18 Å². The molecule has 8 nitrogen and oxygen atoms in total. The Balaban J connectivity index is 1.40. The number of carbonyl (C=O) groups excluding carboxylic acids is 1. The van der Waals surface area contributed by atoms with Crippen LogP contribution in [0.25, 0.3) is 16.6 Å². The third-order valence-corrected chi connectivity index (χ3v) is 5.89. The highest BCUT2D eigenvalue weighted by Gasteiger charge is 2.16. The first-order valence-electron chi connectivity index (χ1n) is 10.6. The number of methoxy groups -OCH3 is 1. The van der Waals surface area contributed by atoms with Crippen LogP contribution >= 0.6 is 11.6 Å². The fourth-order valence-electron chi connectivity index (χ4n) is 3.70. The zero-order valence-electron chi connectivity index (χ0n) is 18.8. The quantitative estimate of drug-likeness (QED) is 0.277. The highest BCUT2D eigenvalue weighted by atomic mass is 35.5. The summed E-state index contributed by atoms with van der Waals surface area (Å²) in [5.74, 6) is 0.131. The first-order valence-corrected chi connectivity index (χ1v) is 11.0. The Hall–Kier alpha value is -4.37. The van der Waals surface area contributed by atoms with Crippen LogP contribution in [-0.4, -0.2) is 33.0 Å². The van der Waals surface area contributed by atoms with Gasteiger partial charge in [0.2, 0.25) is 0 Å². The summed E-state index contributed by atoms with van der Waals surface area (Å²) in [5, 5.41) is 18.8. The third-order valence-electron chi connectivity index (χ3n) is 5.49. The molecule has 0 saturated heterocycles. The Labute approximate surface area is 204 Å². The van der Waals surface area contributed by atoms with Gasteiger partial charge in [0, 0.05) is 28.9 Å². The van der Waals surface area contributed by atoms with Gasteiger partial charge in [-0.3, -0.25) is 9.89 Å². The van der Waals surface area contributed by atoms with Crippen molar-refractivity contribution < 1.29 is 13.9 Å². The first-order chi connectivity index (χ1) is 16.9. The fraction of sp³-hybridized carbons (Fsp3) is 0.0800. The van der Waals surface area contributed by atoms with Crippen molar-refractivity contribution in [2.75, 3.05) is 17.7 Å². The number of nitrogens with zero attached hydrogens (tertiary/aromatic N) is 3. The van der Waals surface area contributed by atoms with Crippen LogP contribution in [0.5, 0.6) is 5.75 Å². The largest absolute Gasteiger partial charge is 0.496 e. The van der Waals surface area contributed by atoms with Crippen LogP contribution in [0.2, 0.25) is 5.02 Å². The van der Waals surface area contributed by atoms with Gasteiger partial charge in [0.15, 0.2) is 5.82 Å². The number of fused-ring (bicyclic) bond motifs is 1. The number of nitrogens with one attached hydrogen (secondary N) is 3. The summed E-state index contributed by atoms with van der Waals surface area (Å²) >= 11 is 6.53. The summed E-state index contributed by atoms with van der Waals surface area (Å²) in [7, 11) is 1.48. The van der Waals surface area contributed by atoms with Crippen LogP contribution in [0.4, 0.5) is 21.6 Å². The van der Waals surface area contributed by atoms with Crippen molar-refractivity contribution in [1.29, 1.82) is 0 Å². The Bertz CT molecular complexity index is 1560. The number of hydrogen-bond donors (Lipinski definition) is 3. The van der Waals surface area contributed by atoms with Gasteiger partial charge in [-0.2, -0.15) is 5.10 Å². The molecule has 0 fully saturated rings. The molecule has 0 unspecified atom stereocenters. The molecular weight excluding hydrogens is 471 g/mol. The topological polar surface area (TPSA) is 96.9 Å². The Morgan fingerprint density at radius 2 is 2.03 bits per heavy atom. The summed E-state index contributed by atoms with van der Waals surface area (Å²) < 4.78 is 20.6. The molecule has 3 aromatic carbocycles. The van der Waals surface area contributed by atoms with Crippen LogP contribution < -0.4 is 15.4 Å². The van der Waals surface area contributed by atoms with Crippen LogP contribution in [0, 0.1) is 12.7 Å². The number of aromatic nitrogens is 4. The summed E-state index contributed by atoms with van der Waals surface area (Å²) in [6.07, 6.45) is 3.53. The molecule has 5 rings (SSSR count). The fourth-order valence-corrected chi connectivity index (χ4v) is 3.96. The maximum atomic E-state index is 13.5. The number of hydrogen-bond acceptors (Lipinski definition) is 5. The van der Waals surface area contributed by atoms with Crippen molar-refractivity contribution in [3.05, 3.63) is 89.0 Å². The number of carbonyl (C=O) groups is 1. The van der Waals surface area contributed by atoms with Crippen LogP contribution in [-0.2, 0) is 0 Å². The summed E-state index contributed by atoms with van der Waals surface area (Å²) in [6, 6.07) is 14.5. The number of aromatic amines is 1. The number of amides is 1. The van der Waals surface area contributed by atoms with Gasteiger partial charge in [-0.25, -0.2) is 9.07 Å². The second kappa shape index (κ2) is 9.11. The maximum absolute atomic E-state index is 13.5. The predicted molar refractivity (Wildman–Crippen MR) is 134 cm³/mol. The Kier molecular flexibility index (Phi) is 5.84. The minimum absolute atomic E-state index is 0.308. The molecule has 0 aliphatic heterocycles. The van der Waals surface area contributed by atoms with Gasteiger partial charge >= 0.3 is 0 Å². The lowest BCUT2D eigenvalue weighted by Gasteiger charge is -2.11. The van der Waals surface area contributed by atoms with E-state index < -0.39 is 11.7 Å². The molecule has 2 heterocycles.